The Morgan fingerprint density at radius 3 is 2.68 bits per heavy atom. The SMILES string of the molecule is C=CC(O)N1C(=O)C(Cc2ccccc2)NC1(C)C. The van der Waals surface area contributed by atoms with E-state index in [0.717, 1.165) is 5.56 Å². The molecule has 1 amide bonds. The largest absolute Gasteiger partial charge is 0.370 e. The van der Waals surface area contributed by atoms with E-state index in [0.29, 0.717) is 6.42 Å². The number of aliphatic hydroxyl groups is 1. The Bertz CT molecular complexity index is 470. The van der Waals surface area contributed by atoms with Crippen LogP contribution in [0.5, 0.6) is 0 Å². The summed E-state index contributed by atoms with van der Waals surface area (Å²) in [6.45, 7) is 7.30. The lowest BCUT2D eigenvalue weighted by atomic mass is 10.1. The van der Waals surface area contributed by atoms with Crippen LogP contribution in [0, 0.1) is 0 Å². The Labute approximate surface area is 113 Å². The van der Waals surface area contributed by atoms with E-state index < -0.39 is 11.9 Å². The van der Waals surface area contributed by atoms with Crippen LogP contribution < -0.4 is 5.32 Å². The third-order valence-corrected chi connectivity index (χ3v) is 3.42. The molecule has 1 aromatic rings. The number of nitrogens with one attached hydrogen (secondary N) is 1. The van der Waals surface area contributed by atoms with Crippen LogP contribution >= 0.6 is 0 Å². The second-order valence-corrected chi connectivity index (χ2v) is 5.30. The van der Waals surface area contributed by atoms with Crippen molar-refractivity contribution in [3.63, 3.8) is 0 Å². The maximum Gasteiger partial charge on any atom is 0.243 e. The van der Waals surface area contributed by atoms with Crippen molar-refractivity contribution in [2.75, 3.05) is 0 Å². The predicted octanol–water partition coefficient (Wildman–Crippen LogP) is 1.27. The normalized spacial score (nSPS) is 23.4. The maximum absolute atomic E-state index is 12.4. The highest BCUT2D eigenvalue weighted by molar-refractivity contribution is 5.85. The van der Waals surface area contributed by atoms with Gasteiger partial charge < -0.3 is 5.11 Å². The number of benzene rings is 1. The summed E-state index contributed by atoms with van der Waals surface area (Å²) in [6.07, 6.45) is 1.02. The van der Waals surface area contributed by atoms with Crippen molar-refractivity contribution in [1.29, 1.82) is 0 Å². The van der Waals surface area contributed by atoms with Crippen molar-refractivity contribution >= 4 is 5.91 Å². The van der Waals surface area contributed by atoms with Crippen LogP contribution in [0.15, 0.2) is 43.0 Å². The van der Waals surface area contributed by atoms with Crippen molar-refractivity contribution in [2.45, 2.75) is 38.2 Å². The van der Waals surface area contributed by atoms with Crippen molar-refractivity contribution in [2.24, 2.45) is 0 Å². The van der Waals surface area contributed by atoms with E-state index in [-0.39, 0.29) is 11.9 Å². The van der Waals surface area contributed by atoms with Crippen LogP contribution in [0.4, 0.5) is 0 Å². The molecule has 0 aliphatic carbocycles. The number of carbonyl (C=O) groups is 1. The highest BCUT2D eigenvalue weighted by Gasteiger charge is 2.46. The van der Waals surface area contributed by atoms with Crippen molar-refractivity contribution in [1.82, 2.24) is 10.2 Å². The molecule has 1 aliphatic rings. The quantitative estimate of drug-likeness (QED) is 0.802. The summed E-state index contributed by atoms with van der Waals surface area (Å²) in [5.41, 5.74) is 0.517. The average molecular weight is 260 g/mol. The lowest BCUT2D eigenvalue weighted by Gasteiger charge is -2.33. The number of rotatable bonds is 4. The van der Waals surface area contributed by atoms with Gasteiger partial charge in [-0.25, -0.2) is 0 Å². The molecule has 4 nitrogen and oxygen atoms in total. The fourth-order valence-corrected chi connectivity index (χ4v) is 2.56. The van der Waals surface area contributed by atoms with E-state index in [2.05, 4.69) is 11.9 Å². The third kappa shape index (κ3) is 2.69. The first-order valence-electron chi connectivity index (χ1n) is 6.41. The van der Waals surface area contributed by atoms with E-state index in [1.54, 1.807) is 0 Å². The van der Waals surface area contributed by atoms with Crippen molar-refractivity contribution < 1.29 is 9.90 Å². The zero-order valence-corrected chi connectivity index (χ0v) is 11.3. The van der Waals surface area contributed by atoms with Gasteiger partial charge in [0.25, 0.3) is 0 Å². The Hall–Kier alpha value is -1.65. The molecule has 102 valence electrons. The van der Waals surface area contributed by atoms with Crippen molar-refractivity contribution in [3.8, 4) is 0 Å². The van der Waals surface area contributed by atoms with Crippen LogP contribution in [0.1, 0.15) is 19.4 Å². The highest BCUT2D eigenvalue weighted by atomic mass is 16.3. The molecule has 2 atom stereocenters. The molecule has 0 aromatic heterocycles. The average Bonchev–Trinajstić information content (AvgIpc) is 2.60. The second kappa shape index (κ2) is 5.15. The summed E-state index contributed by atoms with van der Waals surface area (Å²) in [4.78, 5) is 13.8. The molecule has 4 heteroatoms. The number of carbonyl (C=O) groups excluding carboxylic acids is 1. The van der Waals surface area contributed by atoms with Crippen LogP contribution in [0.25, 0.3) is 0 Å². The monoisotopic (exact) mass is 260 g/mol. The third-order valence-electron chi connectivity index (χ3n) is 3.42. The van der Waals surface area contributed by atoms with E-state index in [4.69, 9.17) is 0 Å². The Morgan fingerprint density at radius 1 is 1.47 bits per heavy atom. The Balaban J connectivity index is 2.17. The van der Waals surface area contributed by atoms with Crippen LogP contribution in [0.2, 0.25) is 0 Å². The van der Waals surface area contributed by atoms with Gasteiger partial charge in [-0.2, -0.15) is 0 Å². The molecule has 0 saturated carbocycles. The van der Waals surface area contributed by atoms with Gasteiger partial charge in [0.15, 0.2) is 0 Å². The molecule has 2 rings (SSSR count). The van der Waals surface area contributed by atoms with E-state index >= 15 is 0 Å². The van der Waals surface area contributed by atoms with Crippen LogP contribution in [0.3, 0.4) is 0 Å². The number of amides is 1. The van der Waals surface area contributed by atoms with Gasteiger partial charge in [0.1, 0.15) is 6.23 Å². The number of hydrogen-bond donors (Lipinski definition) is 2. The zero-order valence-electron chi connectivity index (χ0n) is 11.3. The summed E-state index contributed by atoms with van der Waals surface area (Å²) < 4.78 is 0. The minimum absolute atomic E-state index is 0.0961. The Morgan fingerprint density at radius 2 is 2.11 bits per heavy atom. The lowest BCUT2D eigenvalue weighted by Crippen LogP contribution is -2.51. The van der Waals surface area contributed by atoms with E-state index in [9.17, 15) is 9.90 Å². The van der Waals surface area contributed by atoms with E-state index in [1.165, 1.54) is 11.0 Å². The van der Waals surface area contributed by atoms with Gasteiger partial charge in [0, 0.05) is 0 Å². The fourth-order valence-electron chi connectivity index (χ4n) is 2.56. The maximum atomic E-state index is 12.4. The summed E-state index contributed by atoms with van der Waals surface area (Å²) in [5.74, 6) is -0.0961. The first-order valence-corrected chi connectivity index (χ1v) is 6.41. The van der Waals surface area contributed by atoms with E-state index in [1.807, 2.05) is 44.2 Å². The van der Waals surface area contributed by atoms with Gasteiger partial charge in [-0.3, -0.25) is 15.0 Å². The predicted molar refractivity (Wildman–Crippen MR) is 74.2 cm³/mol. The van der Waals surface area contributed by atoms with Crippen LogP contribution in [-0.2, 0) is 11.2 Å². The Kier molecular flexibility index (Phi) is 3.73. The highest BCUT2D eigenvalue weighted by Crippen LogP contribution is 2.25. The molecule has 1 fully saturated rings. The van der Waals surface area contributed by atoms with Crippen LogP contribution in [-0.4, -0.2) is 33.8 Å². The number of aliphatic hydroxyl groups excluding tert-OH is 1. The summed E-state index contributed by atoms with van der Waals surface area (Å²) in [5, 5.41) is 13.2. The zero-order chi connectivity index (χ0) is 14.0. The minimum atomic E-state index is -0.962. The lowest BCUT2D eigenvalue weighted by molar-refractivity contribution is -0.140. The number of nitrogens with zero attached hydrogens (tertiary/aromatic N) is 1. The molecule has 1 aliphatic heterocycles. The molecule has 1 aromatic carbocycles. The standard InChI is InChI=1S/C15H20N2O2/c1-4-13(18)17-14(19)12(16-15(17,2)3)10-11-8-6-5-7-9-11/h4-9,12-13,16,18H,1,10H2,2-3H3. The molecular formula is C15H20N2O2. The molecule has 1 heterocycles. The summed E-state index contributed by atoms with van der Waals surface area (Å²) in [7, 11) is 0. The van der Waals surface area contributed by atoms with Crippen molar-refractivity contribution in [3.05, 3.63) is 48.6 Å². The van der Waals surface area contributed by atoms with Gasteiger partial charge in [-0.05, 0) is 31.9 Å². The van der Waals surface area contributed by atoms with Gasteiger partial charge in [-0.15, -0.1) is 0 Å². The van der Waals surface area contributed by atoms with Gasteiger partial charge in [0.2, 0.25) is 5.91 Å². The topological polar surface area (TPSA) is 52.6 Å². The van der Waals surface area contributed by atoms with Gasteiger partial charge in [-0.1, -0.05) is 36.9 Å². The molecule has 2 N–H and O–H groups in total. The molecule has 0 bridgehead atoms. The summed E-state index contributed by atoms with van der Waals surface area (Å²) >= 11 is 0. The number of hydrogen-bond acceptors (Lipinski definition) is 3. The first kappa shape index (κ1) is 13.8. The molecular weight excluding hydrogens is 240 g/mol. The van der Waals surface area contributed by atoms with Gasteiger partial charge in [0.05, 0.1) is 11.7 Å². The fraction of sp³-hybridized carbons (Fsp3) is 0.400. The molecule has 1 saturated heterocycles. The minimum Gasteiger partial charge on any atom is -0.370 e. The molecule has 0 radical (unpaired) electrons. The smallest absolute Gasteiger partial charge is 0.243 e. The molecule has 0 spiro atoms. The molecule has 2 unspecified atom stereocenters. The summed E-state index contributed by atoms with van der Waals surface area (Å²) in [6, 6.07) is 9.53. The molecule has 19 heavy (non-hydrogen) atoms. The van der Waals surface area contributed by atoms with Gasteiger partial charge >= 0.3 is 0 Å². The first-order chi connectivity index (χ1) is 8.95. The second-order valence-electron chi connectivity index (χ2n) is 5.30.